The number of amides is 1. The zero-order chi connectivity index (χ0) is 24.9. The molecule has 1 aliphatic carbocycles. The second-order valence-corrected chi connectivity index (χ2v) is 8.47. The zero-order valence-corrected chi connectivity index (χ0v) is 19.8. The first kappa shape index (κ1) is 23.5. The Morgan fingerprint density at radius 2 is 1.86 bits per heavy atom. The summed E-state index contributed by atoms with van der Waals surface area (Å²) in [5.41, 5.74) is 1.86. The average Bonchev–Trinajstić information content (AvgIpc) is 3.67. The van der Waals surface area contributed by atoms with Gasteiger partial charge in [-0.3, -0.25) is 4.79 Å². The van der Waals surface area contributed by atoms with E-state index in [2.05, 4.69) is 0 Å². The number of furan rings is 2. The number of para-hydroxylation sites is 2. The van der Waals surface area contributed by atoms with Crippen LogP contribution < -0.4 is 9.47 Å². The number of nitrogens with zero attached hydrogens (tertiary/aromatic N) is 2. The molecule has 1 aromatic carbocycles. The van der Waals surface area contributed by atoms with Crippen LogP contribution in [0.3, 0.4) is 0 Å². The smallest absolute Gasteiger partial charge is 0.344 e. The van der Waals surface area contributed by atoms with Crippen molar-refractivity contribution < 1.29 is 32.6 Å². The summed E-state index contributed by atoms with van der Waals surface area (Å²) in [5, 5.41) is 6.08. The highest BCUT2D eigenvalue weighted by Crippen LogP contribution is 2.44. The van der Waals surface area contributed by atoms with Crippen molar-refractivity contribution >= 4 is 23.7 Å². The molecule has 2 aliphatic rings. The molecule has 9 nitrogen and oxygen atoms in total. The van der Waals surface area contributed by atoms with Crippen molar-refractivity contribution in [1.82, 2.24) is 5.01 Å². The van der Waals surface area contributed by atoms with Crippen LogP contribution in [-0.4, -0.2) is 42.9 Å². The molecule has 1 aliphatic heterocycles. The monoisotopic (exact) mass is 490 g/mol. The predicted molar refractivity (Wildman–Crippen MR) is 129 cm³/mol. The van der Waals surface area contributed by atoms with Crippen LogP contribution in [-0.2, 0) is 14.3 Å². The van der Waals surface area contributed by atoms with Crippen molar-refractivity contribution in [3.05, 3.63) is 78.2 Å². The number of esters is 1. The van der Waals surface area contributed by atoms with Crippen LogP contribution in [0.1, 0.15) is 36.8 Å². The van der Waals surface area contributed by atoms with Crippen molar-refractivity contribution in [2.45, 2.75) is 25.3 Å². The van der Waals surface area contributed by atoms with Crippen LogP contribution in [0.4, 0.5) is 0 Å². The van der Waals surface area contributed by atoms with E-state index in [1.54, 1.807) is 42.9 Å². The first-order valence-electron chi connectivity index (χ1n) is 11.7. The van der Waals surface area contributed by atoms with Gasteiger partial charge in [0.2, 0.25) is 0 Å². The van der Waals surface area contributed by atoms with Crippen LogP contribution in [0.2, 0.25) is 0 Å². The average molecular weight is 491 g/mol. The number of hydrogen-bond acceptors (Lipinski definition) is 8. The summed E-state index contributed by atoms with van der Waals surface area (Å²) >= 11 is 0. The molecule has 36 heavy (non-hydrogen) atoms. The Bertz CT molecular complexity index is 1260. The lowest BCUT2D eigenvalue weighted by atomic mass is 9.79. The minimum Gasteiger partial charge on any atom is -0.493 e. The summed E-state index contributed by atoms with van der Waals surface area (Å²) in [6, 6.07) is 13.9. The molecular weight excluding hydrogens is 464 g/mol. The Labute approximate surface area is 207 Å². The second-order valence-electron chi connectivity index (χ2n) is 8.47. The van der Waals surface area contributed by atoms with Crippen molar-refractivity contribution in [1.29, 1.82) is 0 Å². The van der Waals surface area contributed by atoms with Gasteiger partial charge in [-0.15, -0.1) is 0 Å². The van der Waals surface area contributed by atoms with Gasteiger partial charge < -0.3 is 23.0 Å². The second kappa shape index (κ2) is 10.6. The molecule has 3 aromatic rings. The Kier molecular flexibility index (Phi) is 6.88. The summed E-state index contributed by atoms with van der Waals surface area (Å²) < 4.78 is 27.1. The van der Waals surface area contributed by atoms with Crippen LogP contribution in [0, 0.1) is 5.92 Å². The van der Waals surface area contributed by atoms with Crippen LogP contribution in [0.15, 0.2) is 80.6 Å². The molecule has 1 fully saturated rings. The van der Waals surface area contributed by atoms with Gasteiger partial charge in [0.25, 0.3) is 5.91 Å². The topological polar surface area (TPSA) is 104 Å². The molecule has 1 saturated carbocycles. The van der Waals surface area contributed by atoms with E-state index in [9.17, 15) is 9.59 Å². The molecule has 2 atom stereocenters. The lowest BCUT2D eigenvalue weighted by Crippen LogP contribution is -2.34. The normalized spacial score (nSPS) is 20.1. The molecule has 1 amide bonds. The first-order valence-corrected chi connectivity index (χ1v) is 11.7. The number of hydrogen-bond donors (Lipinski definition) is 0. The number of benzene rings is 1. The van der Waals surface area contributed by atoms with Gasteiger partial charge in [0.15, 0.2) is 24.7 Å². The molecule has 0 N–H and O–H groups in total. The highest BCUT2D eigenvalue weighted by atomic mass is 16.6. The minimum absolute atomic E-state index is 0.0281. The van der Waals surface area contributed by atoms with Gasteiger partial charge in [-0.25, -0.2) is 9.80 Å². The van der Waals surface area contributed by atoms with E-state index in [1.807, 2.05) is 24.3 Å². The fourth-order valence-electron chi connectivity index (χ4n) is 4.62. The lowest BCUT2D eigenvalue weighted by molar-refractivity contribution is -0.154. The SMILES string of the molecule is COc1ccccc1OCC(=O)OCC(=O)N1N=C2C(=Cc3ccco3)CCCC2C1c1ccco1. The lowest BCUT2D eigenvalue weighted by Gasteiger charge is -2.27. The van der Waals surface area contributed by atoms with E-state index in [0.717, 1.165) is 36.3 Å². The Morgan fingerprint density at radius 1 is 1.06 bits per heavy atom. The molecular formula is C27H26N2O7. The number of rotatable bonds is 8. The maximum absolute atomic E-state index is 13.2. The van der Waals surface area contributed by atoms with Gasteiger partial charge >= 0.3 is 5.97 Å². The van der Waals surface area contributed by atoms with Gasteiger partial charge in [0.05, 0.1) is 25.3 Å². The number of carbonyl (C=O) groups excluding carboxylic acids is 2. The fourth-order valence-corrected chi connectivity index (χ4v) is 4.62. The third-order valence-corrected chi connectivity index (χ3v) is 6.22. The quantitative estimate of drug-likeness (QED) is 0.424. The first-order chi connectivity index (χ1) is 17.6. The molecule has 0 bridgehead atoms. The van der Waals surface area contributed by atoms with E-state index in [4.69, 9.17) is 28.1 Å². The predicted octanol–water partition coefficient (Wildman–Crippen LogP) is 4.63. The maximum Gasteiger partial charge on any atom is 0.344 e. The van der Waals surface area contributed by atoms with Gasteiger partial charge in [-0.05, 0) is 67.3 Å². The molecule has 2 unspecified atom stereocenters. The maximum atomic E-state index is 13.2. The number of allylic oxidation sites excluding steroid dienone is 1. The fraction of sp³-hybridized carbons (Fsp3) is 0.296. The summed E-state index contributed by atoms with van der Waals surface area (Å²) in [7, 11) is 1.51. The van der Waals surface area contributed by atoms with E-state index >= 15 is 0 Å². The van der Waals surface area contributed by atoms with Crippen molar-refractivity contribution in [2.75, 3.05) is 20.3 Å². The summed E-state index contributed by atoms with van der Waals surface area (Å²) in [6.45, 7) is -0.825. The zero-order valence-electron chi connectivity index (χ0n) is 19.8. The molecule has 9 heteroatoms. The van der Waals surface area contributed by atoms with Gasteiger partial charge in [-0.1, -0.05) is 12.1 Å². The molecule has 0 spiro atoms. The van der Waals surface area contributed by atoms with Crippen LogP contribution >= 0.6 is 0 Å². The summed E-state index contributed by atoms with van der Waals surface area (Å²) in [6.07, 6.45) is 7.80. The van der Waals surface area contributed by atoms with Crippen LogP contribution in [0.5, 0.6) is 11.5 Å². The number of fused-ring (bicyclic) bond motifs is 1. The van der Waals surface area contributed by atoms with Crippen LogP contribution in [0.25, 0.3) is 6.08 Å². The van der Waals surface area contributed by atoms with E-state index in [0.29, 0.717) is 17.3 Å². The third kappa shape index (κ3) is 4.91. The van der Waals surface area contributed by atoms with Gasteiger partial charge in [0.1, 0.15) is 17.6 Å². The molecule has 186 valence electrons. The number of methoxy groups -OCH3 is 1. The number of carbonyl (C=O) groups is 2. The molecule has 5 rings (SSSR count). The largest absolute Gasteiger partial charge is 0.493 e. The van der Waals surface area contributed by atoms with Gasteiger partial charge in [0, 0.05) is 5.92 Å². The Morgan fingerprint density at radius 3 is 2.61 bits per heavy atom. The van der Waals surface area contributed by atoms with E-state index in [1.165, 1.54) is 12.1 Å². The molecule has 3 heterocycles. The van der Waals surface area contributed by atoms with E-state index < -0.39 is 24.5 Å². The summed E-state index contributed by atoms with van der Waals surface area (Å²) in [5.74, 6) is 1.13. The van der Waals surface area contributed by atoms with Crippen molar-refractivity contribution in [3.63, 3.8) is 0 Å². The highest BCUT2D eigenvalue weighted by molar-refractivity contribution is 6.08. The van der Waals surface area contributed by atoms with Crippen molar-refractivity contribution in [3.8, 4) is 11.5 Å². The number of ether oxygens (including phenoxy) is 3. The number of hydrazone groups is 1. The molecule has 2 aromatic heterocycles. The summed E-state index contributed by atoms with van der Waals surface area (Å²) in [4.78, 5) is 25.5. The van der Waals surface area contributed by atoms with Gasteiger partial charge in [-0.2, -0.15) is 5.10 Å². The standard InChI is InChI=1S/C27H26N2O7/c1-32-21-10-2-3-11-22(21)35-17-25(31)36-16-24(30)29-27(23-12-6-14-34-23)20-9-4-7-18(26(20)28-29)15-19-8-5-13-33-19/h2-3,5-6,8,10-15,20,27H,4,7,9,16-17H2,1H3. The molecule has 0 radical (unpaired) electrons. The van der Waals surface area contributed by atoms with Crippen molar-refractivity contribution in [2.24, 2.45) is 11.0 Å². The highest BCUT2D eigenvalue weighted by Gasteiger charge is 2.45. The molecule has 0 saturated heterocycles. The minimum atomic E-state index is -0.675. The van der Waals surface area contributed by atoms with E-state index in [-0.39, 0.29) is 12.5 Å². The Balaban J connectivity index is 1.29. The Hall–Kier alpha value is -4.27. The third-order valence-electron chi connectivity index (χ3n) is 6.22.